The number of carbonyl (C=O) groups excluding carboxylic acids is 1. The number of hydroxylamine groups is 1. The summed E-state index contributed by atoms with van der Waals surface area (Å²) in [7, 11) is 0. The summed E-state index contributed by atoms with van der Waals surface area (Å²) in [5, 5.41) is 20.9. The third kappa shape index (κ3) is 5.06. The van der Waals surface area contributed by atoms with Crippen LogP contribution in [0.2, 0.25) is 0 Å². The van der Waals surface area contributed by atoms with Gasteiger partial charge in [0.15, 0.2) is 11.6 Å². The summed E-state index contributed by atoms with van der Waals surface area (Å²) in [6.07, 6.45) is -3.90. The molecular formula is C16H14F3IN2O4. The summed E-state index contributed by atoms with van der Waals surface area (Å²) in [5.74, 6) is -5.24. The molecule has 2 rings (SSSR count). The largest absolute Gasteiger partial charge is 0.394 e. The molecule has 0 spiro atoms. The summed E-state index contributed by atoms with van der Waals surface area (Å²) in [4.78, 5) is 16.6. The predicted molar refractivity (Wildman–Crippen MR) is 95.3 cm³/mol. The summed E-state index contributed by atoms with van der Waals surface area (Å²) < 4.78 is 78.4. The quantitative estimate of drug-likeness (QED) is 0.356. The van der Waals surface area contributed by atoms with Gasteiger partial charge >= 0.3 is 0 Å². The lowest BCUT2D eigenvalue weighted by atomic mass is 10.1. The van der Waals surface area contributed by atoms with Crippen LogP contribution in [0.25, 0.3) is 0 Å². The van der Waals surface area contributed by atoms with Crippen molar-refractivity contribution in [2.45, 2.75) is 6.08 Å². The van der Waals surface area contributed by atoms with Crippen LogP contribution in [-0.4, -0.2) is 35.3 Å². The second-order valence-electron chi connectivity index (χ2n) is 4.63. The molecule has 0 heterocycles. The van der Waals surface area contributed by atoms with Crippen LogP contribution >= 0.6 is 22.6 Å². The van der Waals surface area contributed by atoms with Gasteiger partial charge in [0.1, 0.15) is 18.5 Å². The van der Waals surface area contributed by atoms with Crippen molar-refractivity contribution >= 4 is 39.9 Å². The fourth-order valence-electron chi connectivity index (χ4n) is 1.79. The highest BCUT2D eigenvalue weighted by Gasteiger charge is 2.20. The van der Waals surface area contributed by atoms with Gasteiger partial charge in [0.05, 0.1) is 30.4 Å². The van der Waals surface area contributed by atoms with Crippen LogP contribution in [0.4, 0.5) is 24.5 Å². The van der Waals surface area contributed by atoms with Crippen molar-refractivity contribution in [3.05, 3.63) is 56.9 Å². The van der Waals surface area contributed by atoms with Gasteiger partial charge in [-0.1, -0.05) is 0 Å². The Morgan fingerprint density at radius 3 is 2.69 bits per heavy atom. The van der Waals surface area contributed by atoms with Crippen LogP contribution in [-0.2, 0) is 4.84 Å². The van der Waals surface area contributed by atoms with Crippen LogP contribution in [0.1, 0.15) is 17.2 Å². The van der Waals surface area contributed by atoms with Crippen molar-refractivity contribution < 1.29 is 39.9 Å². The van der Waals surface area contributed by atoms with E-state index in [-0.39, 0.29) is 5.69 Å². The molecule has 0 saturated heterocycles. The number of rotatable bonds is 7. The lowest BCUT2D eigenvalue weighted by Crippen LogP contribution is -2.30. The molecule has 26 heavy (non-hydrogen) atoms. The first-order valence-electron chi connectivity index (χ1n) is 9.21. The van der Waals surface area contributed by atoms with E-state index in [9.17, 15) is 23.1 Å². The molecule has 2 aromatic carbocycles. The van der Waals surface area contributed by atoms with Crippen molar-refractivity contribution in [2.75, 3.05) is 18.4 Å². The molecule has 1 unspecified atom stereocenters. The zero-order valence-electron chi connectivity index (χ0n) is 17.6. The highest BCUT2D eigenvalue weighted by molar-refractivity contribution is 14.1. The van der Waals surface area contributed by atoms with Gasteiger partial charge < -0.3 is 15.5 Å². The summed E-state index contributed by atoms with van der Waals surface area (Å²) in [5.41, 5.74) is -0.417. The highest BCUT2D eigenvalue weighted by Crippen LogP contribution is 2.28. The number of aliphatic hydroxyl groups is 2. The Morgan fingerprint density at radius 1 is 1.31 bits per heavy atom. The maximum atomic E-state index is 14.3. The molecule has 1 amide bonds. The number of anilines is 2. The summed E-state index contributed by atoms with van der Waals surface area (Å²) >= 11 is 1.81. The maximum absolute atomic E-state index is 14.3. The molecular weight excluding hydrogens is 468 g/mol. The maximum Gasteiger partial charge on any atom is 0.277 e. The molecule has 0 aromatic heterocycles. The van der Waals surface area contributed by atoms with E-state index in [4.69, 9.17) is 12.0 Å². The van der Waals surface area contributed by atoms with E-state index in [0.717, 1.165) is 12.1 Å². The third-order valence-corrected chi connectivity index (χ3v) is 3.60. The number of hydrogen-bond acceptors (Lipinski definition) is 5. The van der Waals surface area contributed by atoms with Gasteiger partial charge in [-0.05, 0) is 52.9 Å². The zero-order valence-corrected chi connectivity index (χ0v) is 14.8. The number of nitrogens with one attached hydrogen (secondary N) is 2. The van der Waals surface area contributed by atoms with Crippen LogP contribution in [0.15, 0.2) is 30.3 Å². The van der Waals surface area contributed by atoms with Crippen LogP contribution in [0.3, 0.4) is 0 Å². The van der Waals surface area contributed by atoms with Gasteiger partial charge in [-0.15, -0.1) is 0 Å². The fourth-order valence-corrected chi connectivity index (χ4v) is 2.24. The average molecular weight is 487 g/mol. The molecule has 0 saturated carbocycles. The predicted octanol–water partition coefficient (Wildman–Crippen LogP) is 2.47. The zero-order chi connectivity index (χ0) is 23.8. The Labute approximate surface area is 167 Å². The molecule has 6 nitrogen and oxygen atoms in total. The normalized spacial score (nSPS) is 17.1. The number of carbonyl (C=O) groups is 1. The van der Waals surface area contributed by atoms with Gasteiger partial charge in [0, 0.05) is 3.57 Å². The van der Waals surface area contributed by atoms with Crippen molar-refractivity contribution in [3.63, 3.8) is 0 Å². The Balaban J connectivity index is 2.34. The van der Waals surface area contributed by atoms with Gasteiger partial charge in [-0.2, -0.15) is 0 Å². The van der Waals surface area contributed by atoms with Crippen LogP contribution in [0, 0.1) is 21.0 Å². The second-order valence-corrected chi connectivity index (χ2v) is 5.87. The number of hydrogen-bond donors (Lipinski definition) is 4. The molecule has 4 N–H and O–H groups in total. The van der Waals surface area contributed by atoms with E-state index < -0.39 is 53.8 Å². The fraction of sp³-hybridized carbons (Fsp3) is 0.188. The molecule has 0 aliphatic carbocycles. The first-order chi connectivity index (χ1) is 14.1. The van der Waals surface area contributed by atoms with Crippen molar-refractivity contribution in [3.8, 4) is 0 Å². The van der Waals surface area contributed by atoms with E-state index in [1.54, 1.807) is 0 Å². The van der Waals surface area contributed by atoms with E-state index in [1.807, 2.05) is 22.6 Å². The molecule has 0 fully saturated rings. The van der Waals surface area contributed by atoms with Crippen molar-refractivity contribution in [1.82, 2.24) is 5.48 Å². The molecule has 140 valence electrons. The molecule has 0 aliphatic heterocycles. The van der Waals surface area contributed by atoms with E-state index in [0.29, 0.717) is 9.64 Å². The number of benzene rings is 2. The van der Waals surface area contributed by atoms with E-state index in [1.165, 1.54) is 17.6 Å². The SMILES string of the molecule is [2H]C([2H])(O)C([2H])(O)C([2H])([2H])ONC(=O)c1ccc(F)c(F)c1Nc1ccc(I)cc1F. The number of halogens is 4. The van der Waals surface area contributed by atoms with Gasteiger partial charge in [-0.25, -0.2) is 18.7 Å². The van der Waals surface area contributed by atoms with Crippen molar-refractivity contribution in [2.24, 2.45) is 0 Å². The summed E-state index contributed by atoms with van der Waals surface area (Å²) in [6.45, 7) is -7.51. The first kappa shape index (κ1) is 14.2. The molecule has 2 aromatic rings. The Hall–Kier alpha value is -1.89. The standard InChI is InChI=1S/C16H14F3IN2O4/c17-11-3-2-10(16(25)22-26-7-9(24)6-23)15(14(11)19)21-13-4-1-8(20)5-12(13)18/h1-5,9,21,23-24H,6-7H2,(H,22,25)/i6D2,7D2,9D. The lowest BCUT2D eigenvalue weighted by Gasteiger charge is -2.15. The minimum absolute atomic E-state index is 0.316. The second kappa shape index (κ2) is 9.16. The van der Waals surface area contributed by atoms with Gasteiger partial charge in [0.25, 0.3) is 5.91 Å². The Morgan fingerprint density at radius 2 is 2.04 bits per heavy atom. The molecule has 0 bridgehead atoms. The third-order valence-electron chi connectivity index (χ3n) is 2.93. The minimum atomic E-state index is -3.90. The van der Waals surface area contributed by atoms with E-state index >= 15 is 0 Å². The van der Waals surface area contributed by atoms with Crippen LogP contribution in [0.5, 0.6) is 0 Å². The molecule has 10 heteroatoms. The highest BCUT2D eigenvalue weighted by atomic mass is 127. The first-order valence-corrected chi connectivity index (χ1v) is 7.79. The van der Waals surface area contributed by atoms with Gasteiger partial charge in [-0.3, -0.25) is 9.63 Å². The topological polar surface area (TPSA) is 90.8 Å². The van der Waals surface area contributed by atoms with Crippen LogP contribution < -0.4 is 10.8 Å². The Kier molecular flexibility index (Phi) is 5.01. The average Bonchev–Trinajstić information content (AvgIpc) is 2.64. The Bertz CT molecular complexity index is 1010. The number of amides is 1. The monoisotopic (exact) mass is 487 g/mol. The minimum Gasteiger partial charge on any atom is -0.394 e. The smallest absolute Gasteiger partial charge is 0.277 e. The van der Waals surface area contributed by atoms with Crippen molar-refractivity contribution in [1.29, 1.82) is 0 Å². The van der Waals surface area contributed by atoms with E-state index in [2.05, 4.69) is 10.2 Å². The summed E-state index contributed by atoms with van der Waals surface area (Å²) in [6, 6.07) is 5.04. The lowest BCUT2D eigenvalue weighted by molar-refractivity contribution is -0.0295. The molecule has 1 atom stereocenters. The molecule has 0 radical (unpaired) electrons. The van der Waals surface area contributed by atoms with Gasteiger partial charge in [0.2, 0.25) is 0 Å². The molecule has 0 aliphatic rings.